The third-order valence-corrected chi connectivity index (χ3v) is 2.95. The maximum Gasteiger partial charge on any atom is 0.356 e. The summed E-state index contributed by atoms with van der Waals surface area (Å²) in [4.78, 5) is 15.2. The SMILES string of the molecule is CSCc1nc(C(=O)O)c2cccc(C)n12. The summed E-state index contributed by atoms with van der Waals surface area (Å²) in [7, 11) is 0. The zero-order chi connectivity index (χ0) is 11.7. The van der Waals surface area contributed by atoms with Crippen molar-refractivity contribution in [3.8, 4) is 0 Å². The molecule has 0 fully saturated rings. The van der Waals surface area contributed by atoms with Crippen LogP contribution in [0.5, 0.6) is 0 Å². The van der Waals surface area contributed by atoms with Gasteiger partial charge in [0, 0.05) is 5.69 Å². The Morgan fingerprint density at radius 2 is 2.31 bits per heavy atom. The highest BCUT2D eigenvalue weighted by atomic mass is 32.2. The number of pyridine rings is 1. The molecule has 1 N–H and O–H groups in total. The zero-order valence-electron chi connectivity index (χ0n) is 9.10. The summed E-state index contributed by atoms with van der Waals surface area (Å²) in [6.45, 7) is 1.95. The Morgan fingerprint density at radius 1 is 1.56 bits per heavy atom. The van der Waals surface area contributed by atoms with Crippen molar-refractivity contribution in [2.75, 3.05) is 6.26 Å². The van der Waals surface area contributed by atoms with Gasteiger partial charge in [0.05, 0.1) is 11.3 Å². The Bertz CT molecular complexity index is 548. The first-order chi connectivity index (χ1) is 7.65. The molecule has 0 aliphatic carbocycles. The van der Waals surface area contributed by atoms with Crippen LogP contribution in [0.2, 0.25) is 0 Å². The molecule has 0 amide bonds. The van der Waals surface area contributed by atoms with Crippen LogP contribution in [0.4, 0.5) is 0 Å². The molecule has 2 aromatic rings. The van der Waals surface area contributed by atoms with Crippen LogP contribution in [-0.2, 0) is 5.75 Å². The number of carboxylic acid groups (broad SMARTS) is 1. The molecule has 0 spiro atoms. The van der Waals surface area contributed by atoms with E-state index in [4.69, 9.17) is 5.11 Å². The molecule has 0 aliphatic heterocycles. The molecule has 0 saturated carbocycles. The van der Waals surface area contributed by atoms with E-state index in [0.29, 0.717) is 11.3 Å². The fourth-order valence-electron chi connectivity index (χ4n) is 1.76. The number of fused-ring (bicyclic) bond motifs is 1. The summed E-state index contributed by atoms with van der Waals surface area (Å²) in [6, 6.07) is 5.58. The molecule has 0 unspecified atom stereocenters. The second kappa shape index (κ2) is 4.17. The van der Waals surface area contributed by atoms with Gasteiger partial charge >= 0.3 is 5.97 Å². The monoisotopic (exact) mass is 236 g/mol. The van der Waals surface area contributed by atoms with Gasteiger partial charge in [-0.1, -0.05) is 6.07 Å². The highest BCUT2D eigenvalue weighted by Gasteiger charge is 2.16. The molecule has 0 aromatic carbocycles. The highest BCUT2D eigenvalue weighted by molar-refractivity contribution is 7.97. The third kappa shape index (κ3) is 1.67. The Labute approximate surface area is 97.3 Å². The van der Waals surface area contributed by atoms with Crippen molar-refractivity contribution in [2.45, 2.75) is 12.7 Å². The lowest BCUT2D eigenvalue weighted by atomic mass is 10.3. The summed E-state index contributed by atoms with van der Waals surface area (Å²) in [5.74, 6) is 0.521. The minimum atomic E-state index is -0.976. The molecule has 5 heteroatoms. The fourth-order valence-corrected chi connectivity index (χ4v) is 2.22. The number of imidazole rings is 1. The van der Waals surface area contributed by atoms with Gasteiger partial charge in [0.1, 0.15) is 5.82 Å². The second-order valence-electron chi connectivity index (χ2n) is 3.50. The average molecular weight is 236 g/mol. The number of aromatic carboxylic acids is 1. The highest BCUT2D eigenvalue weighted by Crippen LogP contribution is 2.18. The van der Waals surface area contributed by atoms with Crippen molar-refractivity contribution in [3.63, 3.8) is 0 Å². The van der Waals surface area contributed by atoms with E-state index in [0.717, 1.165) is 11.5 Å². The zero-order valence-corrected chi connectivity index (χ0v) is 9.91. The van der Waals surface area contributed by atoms with Crippen LogP contribution in [0.3, 0.4) is 0 Å². The minimum absolute atomic E-state index is 0.132. The minimum Gasteiger partial charge on any atom is -0.476 e. The predicted octanol–water partition coefficient (Wildman–Crippen LogP) is 2.20. The lowest BCUT2D eigenvalue weighted by molar-refractivity contribution is 0.0693. The first-order valence-corrected chi connectivity index (χ1v) is 6.23. The van der Waals surface area contributed by atoms with Crippen LogP contribution in [-0.4, -0.2) is 26.7 Å². The molecule has 2 rings (SSSR count). The van der Waals surface area contributed by atoms with E-state index in [2.05, 4.69) is 4.98 Å². The number of rotatable bonds is 3. The molecule has 16 heavy (non-hydrogen) atoms. The molecule has 0 bridgehead atoms. The van der Waals surface area contributed by atoms with Crippen LogP contribution < -0.4 is 0 Å². The quantitative estimate of drug-likeness (QED) is 0.887. The lowest BCUT2D eigenvalue weighted by Crippen LogP contribution is -1.97. The molecular weight excluding hydrogens is 224 g/mol. The molecular formula is C11H12N2O2S. The van der Waals surface area contributed by atoms with Crippen molar-refractivity contribution in [1.29, 1.82) is 0 Å². The number of nitrogens with zero attached hydrogens (tertiary/aromatic N) is 2. The van der Waals surface area contributed by atoms with Crippen LogP contribution in [0.1, 0.15) is 22.0 Å². The van der Waals surface area contributed by atoms with E-state index >= 15 is 0 Å². The summed E-state index contributed by atoms with van der Waals surface area (Å²) < 4.78 is 1.90. The standard InChI is InChI=1S/C11H12N2O2S/c1-7-4-3-5-8-10(11(14)15)12-9(6-16-2)13(7)8/h3-5H,6H2,1-2H3,(H,14,15). The molecule has 2 heterocycles. The maximum atomic E-state index is 11.1. The normalized spacial score (nSPS) is 10.9. The van der Waals surface area contributed by atoms with Crippen molar-refractivity contribution in [3.05, 3.63) is 35.4 Å². The van der Waals surface area contributed by atoms with Gasteiger partial charge in [0.15, 0.2) is 5.69 Å². The van der Waals surface area contributed by atoms with E-state index in [1.54, 1.807) is 17.8 Å². The topological polar surface area (TPSA) is 54.6 Å². The van der Waals surface area contributed by atoms with Crippen molar-refractivity contribution in [2.24, 2.45) is 0 Å². The number of thioether (sulfide) groups is 1. The number of carboxylic acids is 1. The Kier molecular flexibility index (Phi) is 2.87. The molecule has 84 valence electrons. The van der Waals surface area contributed by atoms with Gasteiger partial charge in [0.25, 0.3) is 0 Å². The van der Waals surface area contributed by atoms with E-state index in [9.17, 15) is 4.79 Å². The second-order valence-corrected chi connectivity index (χ2v) is 4.37. The fraction of sp³-hybridized carbons (Fsp3) is 0.273. The average Bonchev–Trinajstić information content (AvgIpc) is 2.59. The van der Waals surface area contributed by atoms with Gasteiger partial charge in [-0.3, -0.25) is 4.40 Å². The molecule has 0 saturated heterocycles. The predicted molar refractivity (Wildman–Crippen MR) is 64.1 cm³/mol. The first kappa shape index (κ1) is 11.0. The molecule has 0 aliphatic rings. The van der Waals surface area contributed by atoms with Crippen molar-refractivity contribution >= 4 is 23.2 Å². The van der Waals surface area contributed by atoms with E-state index in [1.807, 2.05) is 29.7 Å². The van der Waals surface area contributed by atoms with Crippen LogP contribution in [0, 0.1) is 6.92 Å². The summed E-state index contributed by atoms with van der Waals surface area (Å²) in [5, 5.41) is 9.07. The number of hydrogen-bond donors (Lipinski definition) is 1. The summed E-state index contributed by atoms with van der Waals surface area (Å²) >= 11 is 1.63. The number of carbonyl (C=O) groups is 1. The first-order valence-electron chi connectivity index (χ1n) is 4.84. The van der Waals surface area contributed by atoms with Crippen LogP contribution in [0.25, 0.3) is 5.52 Å². The lowest BCUT2D eigenvalue weighted by Gasteiger charge is -2.02. The Balaban J connectivity index is 2.76. The van der Waals surface area contributed by atoms with E-state index in [-0.39, 0.29) is 5.69 Å². The van der Waals surface area contributed by atoms with Crippen molar-refractivity contribution < 1.29 is 9.90 Å². The maximum absolute atomic E-state index is 11.1. The molecule has 0 atom stereocenters. The van der Waals surface area contributed by atoms with Gasteiger partial charge in [0.2, 0.25) is 0 Å². The number of aryl methyl sites for hydroxylation is 1. The molecule has 0 radical (unpaired) electrons. The largest absolute Gasteiger partial charge is 0.476 e. The number of aromatic nitrogens is 2. The Hall–Kier alpha value is -1.49. The van der Waals surface area contributed by atoms with Gasteiger partial charge in [-0.05, 0) is 25.3 Å². The summed E-state index contributed by atoms with van der Waals surface area (Å²) in [5.41, 5.74) is 1.80. The molecule has 4 nitrogen and oxygen atoms in total. The van der Waals surface area contributed by atoms with Gasteiger partial charge in [-0.15, -0.1) is 0 Å². The van der Waals surface area contributed by atoms with Crippen LogP contribution >= 0.6 is 11.8 Å². The smallest absolute Gasteiger partial charge is 0.356 e. The van der Waals surface area contributed by atoms with Crippen LogP contribution in [0.15, 0.2) is 18.2 Å². The summed E-state index contributed by atoms with van der Waals surface area (Å²) in [6.07, 6.45) is 1.97. The molecule has 2 aromatic heterocycles. The van der Waals surface area contributed by atoms with E-state index < -0.39 is 5.97 Å². The van der Waals surface area contributed by atoms with Crippen molar-refractivity contribution in [1.82, 2.24) is 9.38 Å². The van der Waals surface area contributed by atoms with Gasteiger partial charge in [-0.25, -0.2) is 9.78 Å². The Morgan fingerprint density at radius 3 is 2.94 bits per heavy atom. The van der Waals surface area contributed by atoms with E-state index in [1.165, 1.54) is 0 Å². The number of hydrogen-bond acceptors (Lipinski definition) is 3. The van der Waals surface area contributed by atoms with Gasteiger partial charge in [-0.2, -0.15) is 11.8 Å². The van der Waals surface area contributed by atoms with Gasteiger partial charge < -0.3 is 5.11 Å². The third-order valence-electron chi connectivity index (χ3n) is 2.40.